The fraction of sp³-hybridized carbons (Fsp3) is 0.600. The molecule has 17 heavy (non-hydrogen) atoms. The zero-order chi connectivity index (χ0) is 12.1. The minimum absolute atomic E-state index is 0.384. The van der Waals surface area contributed by atoms with Crippen molar-refractivity contribution < 1.29 is 4.74 Å². The van der Waals surface area contributed by atoms with E-state index in [9.17, 15) is 0 Å². The molecule has 0 saturated carbocycles. The summed E-state index contributed by atoms with van der Waals surface area (Å²) in [6, 6.07) is 8.56. The molecule has 2 heteroatoms. The van der Waals surface area contributed by atoms with Gasteiger partial charge in [0.15, 0.2) is 0 Å². The van der Waals surface area contributed by atoms with Gasteiger partial charge >= 0.3 is 0 Å². The molecule has 1 unspecified atom stereocenters. The van der Waals surface area contributed by atoms with Gasteiger partial charge in [-0.05, 0) is 56.0 Å². The first-order valence-electron chi connectivity index (χ1n) is 6.73. The largest absolute Gasteiger partial charge is 0.490 e. The van der Waals surface area contributed by atoms with Gasteiger partial charge in [-0.25, -0.2) is 0 Å². The molecule has 1 aliphatic heterocycles. The molecule has 1 aromatic rings. The van der Waals surface area contributed by atoms with Crippen LogP contribution in [-0.2, 0) is 0 Å². The number of hydrogen-bond donors (Lipinski definition) is 1. The maximum atomic E-state index is 6.03. The van der Waals surface area contributed by atoms with Crippen LogP contribution in [0.1, 0.15) is 44.6 Å². The maximum Gasteiger partial charge on any atom is 0.119 e. The van der Waals surface area contributed by atoms with Crippen molar-refractivity contribution in [3.05, 3.63) is 29.8 Å². The van der Waals surface area contributed by atoms with E-state index in [4.69, 9.17) is 4.74 Å². The molecule has 2 rings (SSSR count). The van der Waals surface area contributed by atoms with Gasteiger partial charge in [0.1, 0.15) is 5.75 Å². The van der Waals surface area contributed by atoms with Gasteiger partial charge in [-0.15, -0.1) is 0 Å². The van der Waals surface area contributed by atoms with Gasteiger partial charge in [0, 0.05) is 0 Å². The third-order valence-corrected chi connectivity index (χ3v) is 3.37. The van der Waals surface area contributed by atoms with Crippen molar-refractivity contribution in [2.45, 2.75) is 45.1 Å². The Bertz CT molecular complexity index is 323. The topological polar surface area (TPSA) is 21.3 Å². The third kappa shape index (κ3) is 3.74. The van der Waals surface area contributed by atoms with E-state index in [2.05, 4.69) is 43.4 Å². The van der Waals surface area contributed by atoms with Gasteiger partial charge in [0.25, 0.3) is 0 Å². The molecule has 0 bridgehead atoms. The average molecular weight is 233 g/mol. The van der Waals surface area contributed by atoms with Crippen LogP contribution in [0.25, 0.3) is 0 Å². The summed E-state index contributed by atoms with van der Waals surface area (Å²) in [5.74, 6) is 1.60. The summed E-state index contributed by atoms with van der Waals surface area (Å²) in [5.41, 5.74) is 1.37. The lowest BCUT2D eigenvalue weighted by Gasteiger charge is -2.17. The van der Waals surface area contributed by atoms with E-state index in [0.29, 0.717) is 12.0 Å². The standard InChI is InChI=1S/C15H23NO/c1-12(2)13-5-7-15(8-6-13)17-14-4-3-10-16-11-9-14/h5-8,12,14,16H,3-4,9-11H2,1-2H3. The molecule has 1 heterocycles. The molecule has 0 aliphatic carbocycles. The molecule has 1 aliphatic rings. The molecule has 2 nitrogen and oxygen atoms in total. The second kappa shape index (κ2) is 6.06. The maximum absolute atomic E-state index is 6.03. The van der Waals surface area contributed by atoms with E-state index in [1.807, 2.05) is 0 Å². The zero-order valence-corrected chi connectivity index (χ0v) is 10.9. The quantitative estimate of drug-likeness (QED) is 0.864. The molecule has 0 spiro atoms. The number of hydrogen-bond acceptors (Lipinski definition) is 2. The van der Waals surface area contributed by atoms with E-state index in [1.54, 1.807) is 0 Å². The first kappa shape index (κ1) is 12.4. The fourth-order valence-electron chi connectivity index (χ4n) is 2.23. The Hall–Kier alpha value is -1.02. The van der Waals surface area contributed by atoms with Crippen molar-refractivity contribution in [1.29, 1.82) is 0 Å². The van der Waals surface area contributed by atoms with Crippen LogP contribution < -0.4 is 10.1 Å². The number of nitrogens with one attached hydrogen (secondary N) is 1. The molecule has 1 N–H and O–H groups in total. The van der Waals surface area contributed by atoms with E-state index < -0.39 is 0 Å². The Morgan fingerprint density at radius 3 is 2.59 bits per heavy atom. The highest BCUT2D eigenvalue weighted by atomic mass is 16.5. The second-order valence-corrected chi connectivity index (χ2v) is 5.14. The molecule has 1 atom stereocenters. The van der Waals surface area contributed by atoms with Crippen molar-refractivity contribution in [1.82, 2.24) is 5.32 Å². The minimum Gasteiger partial charge on any atom is -0.490 e. The van der Waals surface area contributed by atoms with Crippen molar-refractivity contribution in [3.8, 4) is 5.75 Å². The third-order valence-electron chi connectivity index (χ3n) is 3.37. The Morgan fingerprint density at radius 2 is 1.88 bits per heavy atom. The molecular weight excluding hydrogens is 210 g/mol. The van der Waals surface area contributed by atoms with Crippen LogP contribution in [-0.4, -0.2) is 19.2 Å². The van der Waals surface area contributed by atoms with Crippen LogP contribution >= 0.6 is 0 Å². The average Bonchev–Trinajstić information content (AvgIpc) is 2.58. The second-order valence-electron chi connectivity index (χ2n) is 5.14. The highest BCUT2D eigenvalue weighted by Crippen LogP contribution is 2.21. The van der Waals surface area contributed by atoms with E-state index in [0.717, 1.165) is 25.3 Å². The van der Waals surface area contributed by atoms with Crippen molar-refractivity contribution in [2.24, 2.45) is 0 Å². The monoisotopic (exact) mass is 233 g/mol. The molecule has 94 valence electrons. The van der Waals surface area contributed by atoms with Crippen molar-refractivity contribution in [3.63, 3.8) is 0 Å². The van der Waals surface area contributed by atoms with Gasteiger partial charge in [0.2, 0.25) is 0 Å². The van der Waals surface area contributed by atoms with E-state index in [-0.39, 0.29) is 0 Å². The lowest BCUT2D eigenvalue weighted by molar-refractivity contribution is 0.187. The predicted octanol–water partition coefficient (Wildman–Crippen LogP) is 3.33. The van der Waals surface area contributed by atoms with Crippen LogP contribution in [0.2, 0.25) is 0 Å². The first-order valence-corrected chi connectivity index (χ1v) is 6.73. The summed E-state index contributed by atoms with van der Waals surface area (Å²) in [5, 5.41) is 3.41. The molecule has 1 fully saturated rings. The van der Waals surface area contributed by atoms with Gasteiger partial charge in [-0.2, -0.15) is 0 Å². The van der Waals surface area contributed by atoms with Gasteiger partial charge in [-0.3, -0.25) is 0 Å². The summed E-state index contributed by atoms with van der Waals surface area (Å²) in [6.07, 6.45) is 3.88. The summed E-state index contributed by atoms with van der Waals surface area (Å²) in [4.78, 5) is 0. The van der Waals surface area contributed by atoms with Gasteiger partial charge in [0.05, 0.1) is 6.10 Å². The lowest BCUT2D eigenvalue weighted by Crippen LogP contribution is -2.19. The molecule has 1 aromatic carbocycles. The van der Waals surface area contributed by atoms with Crippen LogP contribution in [0, 0.1) is 0 Å². The fourth-order valence-corrected chi connectivity index (χ4v) is 2.23. The van der Waals surface area contributed by atoms with Crippen molar-refractivity contribution >= 4 is 0 Å². The summed E-state index contributed by atoms with van der Waals surface area (Å²) >= 11 is 0. The Morgan fingerprint density at radius 1 is 1.12 bits per heavy atom. The smallest absolute Gasteiger partial charge is 0.119 e. The van der Waals surface area contributed by atoms with Gasteiger partial charge in [-0.1, -0.05) is 26.0 Å². The van der Waals surface area contributed by atoms with Crippen LogP contribution in [0.15, 0.2) is 24.3 Å². The SMILES string of the molecule is CC(C)c1ccc(OC2CCCNCC2)cc1. The predicted molar refractivity (Wildman–Crippen MR) is 71.7 cm³/mol. The minimum atomic E-state index is 0.384. The summed E-state index contributed by atoms with van der Waals surface area (Å²) < 4.78 is 6.03. The summed E-state index contributed by atoms with van der Waals surface area (Å²) in [7, 11) is 0. The lowest BCUT2D eigenvalue weighted by atomic mass is 10.0. The van der Waals surface area contributed by atoms with E-state index in [1.165, 1.54) is 18.4 Å². The van der Waals surface area contributed by atoms with Crippen LogP contribution in [0.4, 0.5) is 0 Å². The van der Waals surface area contributed by atoms with Crippen LogP contribution in [0.5, 0.6) is 5.75 Å². The zero-order valence-electron chi connectivity index (χ0n) is 10.9. The Kier molecular flexibility index (Phi) is 4.43. The Balaban J connectivity index is 1.93. The highest BCUT2D eigenvalue weighted by Gasteiger charge is 2.13. The molecule has 1 saturated heterocycles. The highest BCUT2D eigenvalue weighted by molar-refractivity contribution is 5.29. The van der Waals surface area contributed by atoms with Gasteiger partial charge < -0.3 is 10.1 Å². The molecule has 0 aromatic heterocycles. The Labute approximate surface area is 104 Å². The molecule has 0 amide bonds. The molecular formula is C15H23NO. The van der Waals surface area contributed by atoms with Crippen LogP contribution in [0.3, 0.4) is 0 Å². The number of rotatable bonds is 3. The van der Waals surface area contributed by atoms with E-state index >= 15 is 0 Å². The number of ether oxygens (including phenoxy) is 1. The van der Waals surface area contributed by atoms with Crippen molar-refractivity contribution in [2.75, 3.05) is 13.1 Å². The number of benzene rings is 1. The molecule has 0 radical (unpaired) electrons. The first-order chi connectivity index (χ1) is 8.25. The normalized spacial score (nSPS) is 21.2. The summed E-state index contributed by atoms with van der Waals surface area (Å²) in [6.45, 7) is 6.64.